The van der Waals surface area contributed by atoms with E-state index >= 15 is 0 Å². The first-order valence-corrected chi connectivity index (χ1v) is 11.6. The Morgan fingerprint density at radius 3 is 2.70 bits per heavy atom. The van der Waals surface area contributed by atoms with Gasteiger partial charge in [0.1, 0.15) is 5.82 Å². The first kappa shape index (κ1) is 21.5. The van der Waals surface area contributed by atoms with Crippen LogP contribution in [0.1, 0.15) is 17.5 Å². The number of likely N-dealkylation sites (tertiary alicyclic amines) is 1. The van der Waals surface area contributed by atoms with Crippen LogP contribution in [-0.2, 0) is 16.0 Å². The van der Waals surface area contributed by atoms with Crippen molar-refractivity contribution >= 4 is 28.4 Å². The second-order valence-electron chi connectivity index (χ2n) is 9.12. The molecule has 5 rings (SSSR count). The number of aromatic amines is 1. The Bertz CT molecular complexity index is 1180. The van der Waals surface area contributed by atoms with Crippen LogP contribution in [0.5, 0.6) is 0 Å². The fourth-order valence-electron chi connectivity index (χ4n) is 5.04. The molecule has 1 atom stereocenters. The lowest BCUT2D eigenvalue weighted by atomic mass is 10.1. The molecule has 3 aromatic rings. The highest BCUT2D eigenvalue weighted by molar-refractivity contribution is 5.89. The number of para-hydroxylation sites is 1. The first-order valence-electron chi connectivity index (χ1n) is 11.6. The molecule has 2 fully saturated rings. The summed E-state index contributed by atoms with van der Waals surface area (Å²) in [6.45, 7) is 5.46. The number of benzene rings is 2. The summed E-state index contributed by atoms with van der Waals surface area (Å²) in [7, 11) is 0. The number of halogens is 1. The van der Waals surface area contributed by atoms with E-state index < -0.39 is 0 Å². The summed E-state index contributed by atoms with van der Waals surface area (Å²) in [6.07, 6.45) is 3.05. The van der Waals surface area contributed by atoms with E-state index in [1.54, 1.807) is 12.1 Å². The number of aryl methyl sites for hydroxylation is 1. The van der Waals surface area contributed by atoms with Gasteiger partial charge in [0, 0.05) is 62.8 Å². The number of hydrogen-bond donors (Lipinski definition) is 1. The molecule has 2 saturated heterocycles. The number of piperazine rings is 1. The predicted octanol–water partition coefficient (Wildman–Crippen LogP) is 3.36. The highest BCUT2D eigenvalue weighted by atomic mass is 19.1. The van der Waals surface area contributed by atoms with Crippen LogP contribution < -0.4 is 4.90 Å². The zero-order valence-electron chi connectivity index (χ0n) is 18.9. The normalized spacial score (nSPS) is 19.0. The maximum absolute atomic E-state index is 14.1. The number of carbonyl (C=O) groups is 2. The molecule has 0 bridgehead atoms. The van der Waals surface area contributed by atoms with Gasteiger partial charge in [-0.15, -0.1) is 0 Å². The van der Waals surface area contributed by atoms with Gasteiger partial charge in [-0.3, -0.25) is 9.59 Å². The van der Waals surface area contributed by atoms with Crippen LogP contribution in [0, 0.1) is 18.7 Å². The molecule has 0 radical (unpaired) electrons. The van der Waals surface area contributed by atoms with Gasteiger partial charge in [-0.1, -0.05) is 23.8 Å². The van der Waals surface area contributed by atoms with Gasteiger partial charge in [0.05, 0.1) is 11.6 Å². The maximum Gasteiger partial charge on any atom is 0.228 e. The van der Waals surface area contributed by atoms with Crippen molar-refractivity contribution in [2.24, 2.45) is 5.92 Å². The molecular formula is C26H29FN4O2. The summed E-state index contributed by atoms with van der Waals surface area (Å²) in [5.74, 6) is -0.432. The quantitative estimate of drug-likeness (QED) is 0.651. The number of rotatable bonds is 5. The van der Waals surface area contributed by atoms with Gasteiger partial charge in [-0.25, -0.2) is 4.39 Å². The van der Waals surface area contributed by atoms with Gasteiger partial charge in [0.25, 0.3) is 0 Å². The number of aromatic nitrogens is 1. The third-order valence-corrected chi connectivity index (χ3v) is 6.92. The van der Waals surface area contributed by atoms with Crippen molar-refractivity contribution in [3.63, 3.8) is 0 Å². The van der Waals surface area contributed by atoms with E-state index in [9.17, 15) is 14.0 Å². The molecule has 2 aromatic carbocycles. The van der Waals surface area contributed by atoms with E-state index in [0.717, 1.165) is 11.9 Å². The van der Waals surface area contributed by atoms with Crippen molar-refractivity contribution in [1.29, 1.82) is 0 Å². The summed E-state index contributed by atoms with van der Waals surface area (Å²) in [6, 6.07) is 13.1. The molecule has 1 aromatic heterocycles. The van der Waals surface area contributed by atoms with Crippen molar-refractivity contribution in [2.75, 3.05) is 44.2 Å². The van der Waals surface area contributed by atoms with Crippen LogP contribution in [0.3, 0.4) is 0 Å². The lowest BCUT2D eigenvalue weighted by molar-refractivity contribution is -0.136. The van der Waals surface area contributed by atoms with E-state index in [2.05, 4.69) is 30.1 Å². The molecule has 1 N–H and O–H groups in total. The van der Waals surface area contributed by atoms with Crippen molar-refractivity contribution in [3.05, 3.63) is 65.6 Å². The Balaban J connectivity index is 1.16. The second-order valence-corrected chi connectivity index (χ2v) is 9.12. The standard InChI is InChI=1S/C26H29FN4O2/c1-18-6-7-23-21(14-18)19(16-28-23)8-9-31-17-20(15-25(31)32)26(33)30-12-10-29(11-13-30)24-5-3-2-4-22(24)27/h2-7,14,16,20,28H,8-13,15,17H2,1H3/t20-/m0/s1. The Morgan fingerprint density at radius 2 is 1.91 bits per heavy atom. The molecule has 6 nitrogen and oxygen atoms in total. The largest absolute Gasteiger partial charge is 0.366 e. The van der Waals surface area contributed by atoms with E-state index in [0.29, 0.717) is 45.0 Å². The smallest absolute Gasteiger partial charge is 0.228 e. The molecular weight excluding hydrogens is 419 g/mol. The number of anilines is 1. The predicted molar refractivity (Wildman–Crippen MR) is 127 cm³/mol. The van der Waals surface area contributed by atoms with Crippen LogP contribution in [0.4, 0.5) is 10.1 Å². The second kappa shape index (κ2) is 8.89. The Morgan fingerprint density at radius 1 is 1.12 bits per heavy atom. The lowest BCUT2D eigenvalue weighted by Gasteiger charge is -2.37. The zero-order valence-corrected chi connectivity index (χ0v) is 18.9. The van der Waals surface area contributed by atoms with Gasteiger partial charge in [0.15, 0.2) is 0 Å². The van der Waals surface area contributed by atoms with Gasteiger partial charge in [-0.2, -0.15) is 0 Å². The third-order valence-electron chi connectivity index (χ3n) is 6.92. The maximum atomic E-state index is 14.1. The summed E-state index contributed by atoms with van der Waals surface area (Å²) in [4.78, 5) is 34.7. The Hall–Kier alpha value is -3.35. The van der Waals surface area contributed by atoms with Gasteiger partial charge in [0.2, 0.25) is 11.8 Å². The molecule has 7 heteroatoms. The van der Waals surface area contributed by atoms with Gasteiger partial charge >= 0.3 is 0 Å². The molecule has 172 valence electrons. The van der Waals surface area contributed by atoms with E-state index in [1.165, 1.54) is 22.6 Å². The van der Waals surface area contributed by atoms with E-state index in [1.807, 2.05) is 27.0 Å². The number of fused-ring (bicyclic) bond motifs is 1. The van der Waals surface area contributed by atoms with Crippen molar-refractivity contribution in [2.45, 2.75) is 19.8 Å². The number of nitrogens with one attached hydrogen (secondary N) is 1. The molecule has 2 aliphatic rings. The number of carbonyl (C=O) groups excluding carboxylic acids is 2. The third kappa shape index (κ3) is 4.32. The monoisotopic (exact) mass is 448 g/mol. The molecule has 2 amide bonds. The average molecular weight is 449 g/mol. The summed E-state index contributed by atoms with van der Waals surface area (Å²) in [5, 5.41) is 1.20. The zero-order chi connectivity index (χ0) is 22.9. The van der Waals surface area contributed by atoms with Crippen LogP contribution in [-0.4, -0.2) is 65.9 Å². The summed E-state index contributed by atoms with van der Waals surface area (Å²) < 4.78 is 14.1. The topological polar surface area (TPSA) is 59.7 Å². The SMILES string of the molecule is Cc1ccc2[nH]cc(CCN3C[C@@H](C(=O)N4CCN(c5ccccc5F)CC4)CC3=O)c2c1. The Labute approximate surface area is 193 Å². The van der Waals surface area contributed by atoms with Gasteiger partial charge in [-0.05, 0) is 43.2 Å². The molecule has 0 spiro atoms. The summed E-state index contributed by atoms with van der Waals surface area (Å²) >= 11 is 0. The van der Waals surface area contributed by atoms with Crippen LogP contribution in [0.2, 0.25) is 0 Å². The molecule has 2 aliphatic heterocycles. The van der Waals surface area contributed by atoms with E-state index in [4.69, 9.17) is 0 Å². The highest BCUT2D eigenvalue weighted by Crippen LogP contribution is 2.25. The highest BCUT2D eigenvalue weighted by Gasteiger charge is 2.37. The van der Waals surface area contributed by atoms with Crippen LogP contribution >= 0.6 is 0 Å². The fraction of sp³-hybridized carbons (Fsp3) is 0.385. The molecule has 0 unspecified atom stereocenters. The summed E-state index contributed by atoms with van der Waals surface area (Å²) in [5.41, 5.74) is 4.09. The van der Waals surface area contributed by atoms with Crippen molar-refractivity contribution < 1.29 is 14.0 Å². The van der Waals surface area contributed by atoms with Crippen LogP contribution in [0.15, 0.2) is 48.7 Å². The minimum absolute atomic E-state index is 0.0433. The molecule has 0 saturated carbocycles. The van der Waals surface area contributed by atoms with E-state index in [-0.39, 0.29) is 30.0 Å². The lowest BCUT2D eigenvalue weighted by Crippen LogP contribution is -2.51. The Kier molecular flexibility index (Phi) is 5.79. The number of nitrogens with zero attached hydrogens (tertiary/aromatic N) is 3. The number of hydrogen-bond acceptors (Lipinski definition) is 3. The minimum Gasteiger partial charge on any atom is -0.366 e. The van der Waals surface area contributed by atoms with Gasteiger partial charge < -0.3 is 19.7 Å². The average Bonchev–Trinajstić information content (AvgIpc) is 3.40. The van der Waals surface area contributed by atoms with Crippen LogP contribution in [0.25, 0.3) is 10.9 Å². The molecule has 33 heavy (non-hydrogen) atoms. The number of amides is 2. The molecule has 3 heterocycles. The number of H-pyrrole nitrogens is 1. The minimum atomic E-state index is -0.289. The first-order chi connectivity index (χ1) is 16.0. The molecule has 0 aliphatic carbocycles. The fourth-order valence-corrected chi connectivity index (χ4v) is 5.04. The van der Waals surface area contributed by atoms with Crippen molar-refractivity contribution in [3.8, 4) is 0 Å². The van der Waals surface area contributed by atoms with Crippen molar-refractivity contribution in [1.82, 2.24) is 14.8 Å².